The normalized spacial score (nSPS) is 13.8. The smallest absolute Gasteiger partial charge is 0.110 e. The van der Waals surface area contributed by atoms with Gasteiger partial charge in [0.1, 0.15) is 5.71 Å². The number of allylic oxidation sites excluding steroid dienone is 4. The monoisotopic (exact) mass is 667 g/mol. The standard InChI is InChI=1S/C47H33N5/c1-30-23-25-50-43(26-30)35-28-41(42-16-8-9-24-49-42)47(48)44(29-35)52-51-36-21-19-32(20-22-36)45-37-12-4-6-14-39(37)46(40-15-7-5-13-38(40)45)34-18-17-31-10-2-3-11-33(31)27-34/h2-29,48,51H,1H3/b48-47?,52-44-. The minimum atomic E-state index is 0.295. The molecule has 2 N–H and O–H groups in total. The van der Waals surface area contributed by atoms with Crippen molar-refractivity contribution in [3.05, 3.63) is 187 Å². The minimum Gasteiger partial charge on any atom is -0.298 e. The van der Waals surface area contributed by atoms with Gasteiger partial charge in [-0.3, -0.25) is 20.8 Å². The Morgan fingerprint density at radius 3 is 1.83 bits per heavy atom. The maximum atomic E-state index is 9.08. The SMILES string of the molecule is Cc1ccnc(C2=C/C(=N/Nc3ccc(-c4c5ccccc5c(-c5ccc6ccccc6c5)c5ccccc45)cc3)C(=N)C(c3ccccn3)=C2)c1. The molecule has 0 amide bonds. The molecular weight excluding hydrogens is 635 g/mol. The fourth-order valence-corrected chi connectivity index (χ4v) is 7.21. The van der Waals surface area contributed by atoms with Crippen LogP contribution in [0.4, 0.5) is 5.69 Å². The van der Waals surface area contributed by atoms with E-state index in [1.807, 2.05) is 49.4 Å². The summed E-state index contributed by atoms with van der Waals surface area (Å²) in [7, 11) is 0. The summed E-state index contributed by atoms with van der Waals surface area (Å²) in [6, 6.07) is 50.9. The summed E-state index contributed by atoms with van der Waals surface area (Å²) in [6.45, 7) is 2.05. The lowest BCUT2D eigenvalue weighted by atomic mass is 9.85. The molecule has 0 fully saturated rings. The summed E-state index contributed by atoms with van der Waals surface area (Å²) in [5.41, 5.74) is 13.9. The van der Waals surface area contributed by atoms with Crippen molar-refractivity contribution < 1.29 is 0 Å². The molecule has 6 aromatic carbocycles. The Bertz CT molecular complexity index is 2720. The molecule has 1 aliphatic carbocycles. The number of rotatable bonds is 6. The second-order valence-corrected chi connectivity index (χ2v) is 13.1. The fourth-order valence-electron chi connectivity index (χ4n) is 7.21. The number of fused-ring (bicyclic) bond motifs is 3. The van der Waals surface area contributed by atoms with E-state index in [1.54, 1.807) is 12.4 Å². The van der Waals surface area contributed by atoms with E-state index in [-0.39, 0.29) is 0 Å². The van der Waals surface area contributed by atoms with Gasteiger partial charge in [0, 0.05) is 23.5 Å². The van der Waals surface area contributed by atoms with Crippen molar-refractivity contribution >= 4 is 60.6 Å². The second-order valence-electron chi connectivity index (χ2n) is 13.1. The van der Waals surface area contributed by atoms with Crippen LogP contribution in [0.5, 0.6) is 0 Å². The van der Waals surface area contributed by atoms with Crippen LogP contribution in [0.25, 0.3) is 65.7 Å². The minimum absolute atomic E-state index is 0.295. The topological polar surface area (TPSA) is 74.0 Å². The Labute approximate surface area is 301 Å². The fraction of sp³-hybridized carbons (Fsp3) is 0.0213. The lowest BCUT2D eigenvalue weighted by Gasteiger charge is -2.18. The van der Waals surface area contributed by atoms with Gasteiger partial charge in [-0.15, -0.1) is 0 Å². The van der Waals surface area contributed by atoms with Gasteiger partial charge in [-0.2, -0.15) is 5.10 Å². The summed E-state index contributed by atoms with van der Waals surface area (Å²) >= 11 is 0. The number of nitrogens with one attached hydrogen (secondary N) is 2. The quantitative estimate of drug-likeness (QED) is 0.105. The molecule has 52 heavy (non-hydrogen) atoms. The molecule has 0 aliphatic heterocycles. The first-order valence-electron chi connectivity index (χ1n) is 17.3. The second kappa shape index (κ2) is 13.0. The van der Waals surface area contributed by atoms with Gasteiger partial charge < -0.3 is 0 Å². The van der Waals surface area contributed by atoms with Crippen molar-refractivity contribution in [1.29, 1.82) is 5.41 Å². The lowest BCUT2D eigenvalue weighted by molar-refractivity contribution is 1.24. The number of anilines is 1. The van der Waals surface area contributed by atoms with E-state index < -0.39 is 0 Å². The lowest BCUT2D eigenvalue weighted by Crippen LogP contribution is -2.19. The highest BCUT2D eigenvalue weighted by Crippen LogP contribution is 2.44. The predicted molar refractivity (Wildman–Crippen MR) is 218 cm³/mol. The highest BCUT2D eigenvalue weighted by molar-refractivity contribution is 6.62. The first-order chi connectivity index (χ1) is 25.6. The third-order valence-electron chi connectivity index (χ3n) is 9.72. The van der Waals surface area contributed by atoms with Crippen molar-refractivity contribution in [2.75, 3.05) is 5.43 Å². The molecule has 0 bridgehead atoms. The van der Waals surface area contributed by atoms with Crippen LogP contribution >= 0.6 is 0 Å². The van der Waals surface area contributed by atoms with Crippen molar-refractivity contribution in [3.63, 3.8) is 0 Å². The third kappa shape index (κ3) is 5.64. The molecule has 246 valence electrons. The van der Waals surface area contributed by atoms with Crippen LogP contribution in [-0.4, -0.2) is 21.4 Å². The number of aryl methyl sites for hydroxylation is 1. The maximum Gasteiger partial charge on any atom is 0.110 e. The summed E-state index contributed by atoms with van der Waals surface area (Å²) in [5, 5.41) is 21.1. The predicted octanol–water partition coefficient (Wildman–Crippen LogP) is 11.5. The summed E-state index contributed by atoms with van der Waals surface area (Å²) in [5.74, 6) is 0. The molecular formula is C47H33N5. The third-order valence-corrected chi connectivity index (χ3v) is 9.72. The number of pyridine rings is 2. The van der Waals surface area contributed by atoms with Crippen LogP contribution in [0.3, 0.4) is 0 Å². The molecule has 9 rings (SSSR count). The molecule has 2 aromatic heterocycles. The summed E-state index contributed by atoms with van der Waals surface area (Å²) in [4.78, 5) is 9.14. The van der Waals surface area contributed by atoms with E-state index in [1.165, 1.54) is 49.0 Å². The molecule has 8 aromatic rings. The summed E-state index contributed by atoms with van der Waals surface area (Å²) in [6.07, 6.45) is 7.43. The van der Waals surface area contributed by atoms with Crippen molar-refractivity contribution in [1.82, 2.24) is 9.97 Å². The molecule has 0 radical (unpaired) electrons. The molecule has 1 aliphatic rings. The van der Waals surface area contributed by atoms with E-state index in [0.717, 1.165) is 28.1 Å². The molecule has 0 atom stereocenters. The molecule has 5 nitrogen and oxygen atoms in total. The molecule has 0 saturated carbocycles. The largest absolute Gasteiger partial charge is 0.298 e. The van der Waals surface area contributed by atoms with E-state index in [2.05, 4.69) is 131 Å². The van der Waals surface area contributed by atoms with Gasteiger partial charge in [-0.25, -0.2) is 0 Å². The van der Waals surface area contributed by atoms with Gasteiger partial charge in [0.05, 0.1) is 22.8 Å². The Balaban J connectivity index is 1.10. The number of hydrazone groups is 1. The van der Waals surface area contributed by atoms with E-state index in [0.29, 0.717) is 22.7 Å². The van der Waals surface area contributed by atoms with Crippen LogP contribution in [0.1, 0.15) is 17.0 Å². The Hall–Kier alpha value is -6.98. The molecule has 0 unspecified atom stereocenters. The van der Waals surface area contributed by atoms with E-state index in [4.69, 9.17) is 10.5 Å². The zero-order valence-corrected chi connectivity index (χ0v) is 28.5. The maximum absolute atomic E-state index is 9.08. The molecule has 5 heteroatoms. The Kier molecular flexibility index (Phi) is 7.79. The van der Waals surface area contributed by atoms with Gasteiger partial charge >= 0.3 is 0 Å². The van der Waals surface area contributed by atoms with Gasteiger partial charge in [-0.1, -0.05) is 103 Å². The van der Waals surface area contributed by atoms with Crippen molar-refractivity contribution in [2.45, 2.75) is 6.92 Å². The van der Waals surface area contributed by atoms with Crippen molar-refractivity contribution in [2.24, 2.45) is 5.10 Å². The van der Waals surface area contributed by atoms with E-state index in [9.17, 15) is 0 Å². The van der Waals surface area contributed by atoms with Gasteiger partial charge in [0.25, 0.3) is 0 Å². The van der Waals surface area contributed by atoms with Crippen molar-refractivity contribution in [3.8, 4) is 22.3 Å². The first kappa shape index (κ1) is 31.0. The average Bonchev–Trinajstić information content (AvgIpc) is 3.20. The number of hydrogen-bond donors (Lipinski definition) is 2. The number of hydrogen-bond acceptors (Lipinski definition) is 5. The molecule has 0 spiro atoms. The zero-order chi connectivity index (χ0) is 35.0. The molecule has 0 saturated heterocycles. The highest BCUT2D eigenvalue weighted by Gasteiger charge is 2.22. The van der Waals surface area contributed by atoms with E-state index >= 15 is 0 Å². The van der Waals surface area contributed by atoms with Gasteiger partial charge in [0.2, 0.25) is 0 Å². The first-order valence-corrected chi connectivity index (χ1v) is 17.3. The zero-order valence-electron chi connectivity index (χ0n) is 28.5. The van der Waals surface area contributed by atoms with Gasteiger partial charge in [-0.05, 0) is 122 Å². The number of nitrogens with zero attached hydrogens (tertiary/aromatic N) is 3. The van der Waals surface area contributed by atoms with Crippen LogP contribution in [0, 0.1) is 12.3 Å². The van der Waals surface area contributed by atoms with Crippen LogP contribution in [-0.2, 0) is 0 Å². The Morgan fingerprint density at radius 1 is 0.538 bits per heavy atom. The molecule has 2 heterocycles. The van der Waals surface area contributed by atoms with Crippen LogP contribution in [0.15, 0.2) is 175 Å². The van der Waals surface area contributed by atoms with Crippen LogP contribution < -0.4 is 5.43 Å². The summed E-state index contributed by atoms with van der Waals surface area (Å²) < 4.78 is 0. The highest BCUT2D eigenvalue weighted by atomic mass is 15.3. The Morgan fingerprint density at radius 2 is 1.15 bits per heavy atom. The average molecular weight is 668 g/mol. The number of benzene rings is 6. The van der Waals surface area contributed by atoms with Gasteiger partial charge in [0.15, 0.2) is 0 Å². The van der Waals surface area contributed by atoms with Crippen LogP contribution in [0.2, 0.25) is 0 Å². The number of aromatic nitrogens is 2.